The summed E-state index contributed by atoms with van der Waals surface area (Å²) in [6, 6.07) is 8.81. The van der Waals surface area contributed by atoms with E-state index in [1.807, 2.05) is 37.3 Å². The maximum Gasteiger partial charge on any atom is 0.271 e. The quantitative estimate of drug-likeness (QED) is 0.587. The molecule has 2 heterocycles. The van der Waals surface area contributed by atoms with Crippen LogP contribution in [0.3, 0.4) is 0 Å². The fraction of sp³-hybridized carbons (Fsp3) is 0.350. The van der Waals surface area contributed by atoms with Gasteiger partial charge in [-0.1, -0.05) is 31.2 Å². The van der Waals surface area contributed by atoms with E-state index in [4.69, 9.17) is 0 Å². The van der Waals surface area contributed by atoms with Crippen LogP contribution in [0.2, 0.25) is 0 Å². The Morgan fingerprint density at radius 3 is 2.41 bits per heavy atom. The molecule has 27 heavy (non-hydrogen) atoms. The topological polar surface area (TPSA) is 95.3 Å². The molecule has 1 fully saturated rings. The predicted molar refractivity (Wildman–Crippen MR) is 101 cm³/mol. The summed E-state index contributed by atoms with van der Waals surface area (Å²) < 4.78 is 23.6. The van der Waals surface area contributed by atoms with Crippen molar-refractivity contribution >= 4 is 27.7 Å². The minimum Gasteiger partial charge on any atom is -0.270 e. The highest BCUT2D eigenvalue weighted by Crippen LogP contribution is 2.31. The molecule has 1 atom stereocenters. The molecule has 2 amide bonds. The van der Waals surface area contributed by atoms with Crippen LogP contribution in [0.4, 0.5) is 0 Å². The SMILES string of the molecule is CCc1ccc(C=C2C(=O)N(C3CCS(=O)(=O)C3)C(=O)C(C#N)=C2C)cc1. The van der Waals surface area contributed by atoms with Gasteiger partial charge < -0.3 is 0 Å². The van der Waals surface area contributed by atoms with Crippen LogP contribution in [-0.2, 0) is 25.8 Å². The number of rotatable bonds is 3. The van der Waals surface area contributed by atoms with Crippen LogP contribution in [0.15, 0.2) is 41.0 Å². The summed E-state index contributed by atoms with van der Waals surface area (Å²) in [7, 11) is -3.28. The van der Waals surface area contributed by atoms with Crippen LogP contribution < -0.4 is 0 Å². The molecular formula is C20H20N2O4S. The Bertz CT molecular complexity index is 1010. The van der Waals surface area contributed by atoms with Crippen molar-refractivity contribution in [1.29, 1.82) is 5.26 Å². The van der Waals surface area contributed by atoms with Gasteiger partial charge in [-0.2, -0.15) is 5.26 Å². The Balaban J connectivity index is 2.05. The molecule has 6 nitrogen and oxygen atoms in total. The number of carbonyl (C=O) groups is 2. The Labute approximate surface area is 158 Å². The molecule has 7 heteroatoms. The number of carbonyl (C=O) groups excluding carboxylic acids is 2. The molecular weight excluding hydrogens is 364 g/mol. The molecule has 0 aliphatic carbocycles. The Kier molecular flexibility index (Phi) is 5.03. The fourth-order valence-electron chi connectivity index (χ4n) is 3.43. The second-order valence-corrected chi connectivity index (χ2v) is 9.03. The van der Waals surface area contributed by atoms with Crippen LogP contribution >= 0.6 is 0 Å². The maximum absolute atomic E-state index is 13.0. The minimum absolute atomic E-state index is 0.0587. The lowest BCUT2D eigenvalue weighted by molar-refractivity contribution is -0.142. The van der Waals surface area contributed by atoms with E-state index in [9.17, 15) is 23.3 Å². The first kappa shape index (κ1) is 19.1. The Morgan fingerprint density at radius 2 is 1.89 bits per heavy atom. The van der Waals surface area contributed by atoms with Gasteiger partial charge in [-0.15, -0.1) is 0 Å². The summed E-state index contributed by atoms with van der Waals surface area (Å²) in [4.78, 5) is 26.7. The molecule has 0 spiro atoms. The van der Waals surface area contributed by atoms with Gasteiger partial charge in [0.1, 0.15) is 11.6 Å². The number of sulfone groups is 1. The lowest BCUT2D eigenvalue weighted by atomic mass is 9.92. The predicted octanol–water partition coefficient (Wildman–Crippen LogP) is 2.03. The second kappa shape index (κ2) is 7.12. The molecule has 140 valence electrons. The molecule has 1 aromatic rings. The molecule has 0 bridgehead atoms. The summed E-state index contributed by atoms with van der Waals surface area (Å²) in [5.74, 6) is -1.56. The standard InChI is InChI=1S/C20H20N2O4S/c1-3-14-4-6-15(7-5-14)10-17-13(2)18(11-21)20(24)22(19(17)23)16-8-9-27(25,26)12-16/h4-7,10,16H,3,8-9,12H2,1-2H3. The third-order valence-electron chi connectivity index (χ3n) is 5.05. The van der Waals surface area contributed by atoms with Crippen LogP contribution in [0.5, 0.6) is 0 Å². The van der Waals surface area contributed by atoms with Crippen LogP contribution in [-0.4, -0.2) is 42.7 Å². The minimum atomic E-state index is -3.28. The zero-order valence-electron chi connectivity index (χ0n) is 15.2. The monoisotopic (exact) mass is 384 g/mol. The Morgan fingerprint density at radius 1 is 1.22 bits per heavy atom. The lowest BCUT2D eigenvalue weighted by Crippen LogP contribution is -2.49. The number of imide groups is 1. The second-order valence-electron chi connectivity index (χ2n) is 6.80. The van der Waals surface area contributed by atoms with E-state index in [1.54, 1.807) is 13.0 Å². The molecule has 0 saturated carbocycles. The Hall–Kier alpha value is -2.72. The number of nitrogens with zero attached hydrogens (tertiary/aromatic N) is 2. The number of nitriles is 1. The van der Waals surface area contributed by atoms with Crippen molar-refractivity contribution in [3.05, 3.63) is 52.1 Å². The largest absolute Gasteiger partial charge is 0.271 e. The van der Waals surface area contributed by atoms with Crippen molar-refractivity contribution in [2.75, 3.05) is 11.5 Å². The number of amides is 2. The third kappa shape index (κ3) is 3.58. The maximum atomic E-state index is 13.0. The van der Waals surface area contributed by atoms with Gasteiger partial charge in [-0.05, 0) is 42.5 Å². The van der Waals surface area contributed by atoms with Crippen molar-refractivity contribution in [2.24, 2.45) is 0 Å². The van der Waals surface area contributed by atoms with E-state index < -0.39 is 27.7 Å². The van der Waals surface area contributed by atoms with E-state index in [1.165, 1.54) is 0 Å². The van der Waals surface area contributed by atoms with Crippen LogP contribution in [0.25, 0.3) is 6.08 Å². The molecule has 1 aromatic carbocycles. The van der Waals surface area contributed by atoms with Gasteiger partial charge in [0.2, 0.25) is 0 Å². The summed E-state index contributed by atoms with van der Waals surface area (Å²) in [6.07, 6.45) is 2.75. The summed E-state index contributed by atoms with van der Waals surface area (Å²) in [5.41, 5.74) is 2.39. The van der Waals surface area contributed by atoms with Gasteiger partial charge in [0.15, 0.2) is 9.84 Å². The van der Waals surface area contributed by atoms with Gasteiger partial charge in [0.05, 0.1) is 17.5 Å². The number of hydrogen-bond acceptors (Lipinski definition) is 5. The first-order chi connectivity index (χ1) is 12.8. The van der Waals surface area contributed by atoms with Crippen molar-refractivity contribution in [1.82, 2.24) is 4.90 Å². The molecule has 1 saturated heterocycles. The van der Waals surface area contributed by atoms with Crippen molar-refractivity contribution < 1.29 is 18.0 Å². The van der Waals surface area contributed by atoms with Crippen LogP contribution in [0, 0.1) is 11.3 Å². The summed E-state index contributed by atoms with van der Waals surface area (Å²) in [6.45, 7) is 3.62. The zero-order chi connectivity index (χ0) is 19.8. The van der Waals surface area contributed by atoms with Crippen molar-refractivity contribution in [3.63, 3.8) is 0 Å². The first-order valence-corrected chi connectivity index (χ1v) is 10.6. The first-order valence-electron chi connectivity index (χ1n) is 8.77. The van der Waals surface area contributed by atoms with E-state index in [2.05, 4.69) is 0 Å². The number of hydrogen-bond donors (Lipinski definition) is 0. The number of benzene rings is 1. The van der Waals surface area contributed by atoms with Gasteiger partial charge in [-0.3, -0.25) is 14.5 Å². The molecule has 3 rings (SSSR count). The highest BCUT2D eigenvalue weighted by Gasteiger charge is 2.43. The summed E-state index contributed by atoms with van der Waals surface area (Å²) in [5, 5.41) is 9.42. The van der Waals surface area contributed by atoms with E-state index in [0.29, 0.717) is 5.57 Å². The van der Waals surface area contributed by atoms with Crippen molar-refractivity contribution in [2.45, 2.75) is 32.7 Å². The molecule has 0 N–H and O–H groups in total. The molecule has 1 unspecified atom stereocenters. The average Bonchev–Trinajstić information content (AvgIpc) is 2.99. The molecule has 2 aliphatic heterocycles. The smallest absolute Gasteiger partial charge is 0.270 e. The van der Waals surface area contributed by atoms with Crippen molar-refractivity contribution in [3.8, 4) is 6.07 Å². The van der Waals surface area contributed by atoms with Gasteiger partial charge in [0.25, 0.3) is 11.8 Å². The molecule has 2 aliphatic rings. The molecule has 0 aromatic heterocycles. The number of aryl methyl sites for hydroxylation is 1. The van der Waals surface area contributed by atoms with E-state index in [0.717, 1.165) is 22.4 Å². The summed E-state index contributed by atoms with van der Waals surface area (Å²) >= 11 is 0. The fourth-order valence-corrected chi connectivity index (χ4v) is 5.13. The third-order valence-corrected chi connectivity index (χ3v) is 6.80. The van der Waals surface area contributed by atoms with Gasteiger partial charge in [-0.25, -0.2) is 8.42 Å². The lowest BCUT2D eigenvalue weighted by Gasteiger charge is -2.31. The van der Waals surface area contributed by atoms with Crippen LogP contribution in [0.1, 0.15) is 31.4 Å². The highest BCUT2D eigenvalue weighted by molar-refractivity contribution is 7.91. The zero-order valence-corrected chi connectivity index (χ0v) is 16.0. The molecule has 0 radical (unpaired) electrons. The average molecular weight is 384 g/mol. The normalized spacial score (nSPS) is 23.8. The van der Waals surface area contributed by atoms with E-state index >= 15 is 0 Å². The van der Waals surface area contributed by atoms with E-state index in [-0.39, 0.29) is 29.1 Å². The van der Waals surface area contributed by atoms with Gasteiger partial charge >= 0.3 is 0 Å². The van der Waals surface area contributed by atoms with Gasteiger partial charge in [0, 0.05) is 5.57 Å². The highest BCUT2D eigenvalue weighted by atomic mass is 32.2.